The van der Waals surface area contributed by atoms with Crippen molar-refractivity contribution in [1.29, 1.82) is 0 Å². The summed E-state index contributed by atoms with van der Waals surface area (Å²) >= 11 is 1.39. The Balaban J connectivity index is 1.93. The van der Waals surface area contributed by atoms with Gasteiger partial charge in [0.25, 0.3) is 0 Å². The molecule has 7 heteroatoms. The monoisotopic (exact) mass is 283 g/mol. The number of amides is 1. The maximum Gasteiger partial charge on any atom is 0.221 e. The second-order valence-corrected chi connectivity index (χ2v) is 5.71. The molecule has 0 aromatic carbocycles. The highest BCUT2D eigenvalue weighted by Gasteiger charge is 2.25. The van der Waals surface area contributed by atoms with Gasteiger partial charge >= 0.3 is 0 Å². The number of nitrogens with two attached hydrogens (primary N) is 1. The molecule has 1 amide bonds. The Morgan fingerprint density at radius 1 is 1.63 bits per heavy atom. The molecule has 3 N–H and O–H groups in total. The van der Waals surface area contributed by atoms with Crippen LogP contribution in [0.5, 0.6) is 0 Å². The van der Waals surface area contributed by atoms with Gasteiger partial charge < -0.3 is 11.1 Å². The van der Waals surface area contributed by atoms with E-state index in [1.54, 1.807) is 0 Å². The van der Waals surface area contributed by atoms with Crippen LogP contribution < -0.4 is 11.1 Å². The molecule has 2 heterocycles. The third-order valence-electron chi connectivity index (χ3n) is 3.37. The highest BCUT2D eigenvalue weighted by molar-refractivity contribution is 7.10. The molecular formula is C12H21N5OS. The van der Waals surface area contributed by atoms with Gasteiger partial charge in [0, 0.05) is 31.2 Å². The van der Waals surface area contributed by atoms with Gasteiger partial charge in [-0.25, -0.2) is 0 Å². The molecule has 1 unspecified atom stereocenters. The Kier molecular flexibility index (Phi) is 5.09. The van der Waals surface area contributed by atoms with Crippen LogP contribution in [-0.2, 0) is 11.3 Å². The SMILES string of the molecule is CCCNc1snnc1CN1CCCC(C(N)=O)C1. The summed E-state index contributed by atoms with van der Waals surface area (Å²) in [4.78, 5) is 13.5. The van der Waals surface area contributed by atoms with Crippen molar-refractivity contribution < 1.29 is 4.79 Å². The van der Waals surface area contributed by atoms with Crippen molar-refractivity contribution in [2.75, 3.05) is 25.0 Å². The van der Waals surface area contributed by atoms with Crippen molar-refractivity contribution in [2.24, 2.45) is 11.7 Å². The van der Waals surface area contributed by atoms with Gasteiger partial charge in [0.15, 0.2) is 0 Å². The average molecular weight is 283 g/mol. The zero-order valence-electron chi connectivity index (χ0n) is 11.3. The first-order valence-electron chi connectivity index (χ1n) is 6.77. The van der Waals surface area contributed by atoms with Crippen LogP contribution in [-0.4, -0.2) is 40.0 Å². The van der Waals surface area contributed by atoms with E-state index in [1.165, 1.54) is 11.5 Å². The van der Waals surface area contributed by atoms with Gasteiger partial charge in [-0.3, -0.25) is 9.69 Å². The maximum absolute atomic E-state index is 11.3. The molecule has 2 rings (SSSR count). The Hall–Kier alpha value is -1.21. The molecule has 0 radical (unpaired) electrons. The molecule has 1 aromatic heterocycles. The normalized spacial score (nSPS) is 20.4. The number of nitrogens with zero attached hydrogens (tertiary/aromatic N) is 3. The lowest BCUT2D eigenvalue weighted by atomic mass is 9.97. The van der Waals surface area contributed by atoms with E-state index in [2.05, 4.69) is 26.7 Å². The minimum atomic E-state index is -0.189. The number of anilines is 1. The Labute approximate surface area is 117 Å². The smallest absolute Gasteiger partial charge is 0.221 e. The van der Waals surface area contributed by atoms with Gasteiger partial charge in [-0.15, -0.1) is 5.10 Å². The van der Waals surface area contributed by atoms with Crippen LogP contribution in [0, 0.1) is 5.92 Å². The Morgan fingerprint density at radius 2 is 2.47 bits per heavy atom. The predicted octanol–water partition coefficient (Wildman–Crippen LogP) is 1.06. The largest absolute Gasteiger partial charge is 0.374 e. The summed E-state index contributed by atoms with van der Waals surface area (Å²) in [7, 11) is 0. The fraction of sp³-hybridized carbons (Fsp3) is 0.750. The van der Waals surface area contributed by atoms with Crippen molar-refractivity contribution in [3.8, 4) is 0 Å². The highest BCUT2D eigenvalue weighted by Crippen LogP contribution is 2.23. The molecule has 1 saturated heterocycles. The summed E-state index contributed by atoms with van der Waals surface area (Å²) < 4.78 is 4.01. The number of carbonyl (C=O) groups excluding carboxylic acids is 1. The number of rotatable bonds is 6. The van der Waals surface area contributed by atoms with Gasteiger partial charge in [-0.05, 0) is 25.8 Å². The molecule has 0 saturated carbocycles. The number of carbonyl (C=O) groups is 1. The van der Waals surface area contributed by atoms with Gasteiger partial charge in [-0.1, -0.05) is 11.4 Å². The van der Waals surface area contributed by atoms with E-state index in [0.717, 1.165) is 56.1 Å². The van der Waals surface area contributed by atoms with E-state index in [1.807, 2.05) is 0 Å². The van der Waals surface area contributed by atoms with Crippen LogP contribution >= 0.6 is 11.5 Å². The third kappa shape index (κ3) is 3.87. The number of aromatic nitrogens is 2. The number of nitrogens with one attached hydrogen (secondary N) is 1. The van der Waals surface area contributed by atoms with E-state index in [9.17, 15) is 4.79 Å². The fourth-order valence-corrected chi connectivity index (χ4v) is 2.93. The first-order valence-corrected chi connectivity index (χ1v) is 7.54. The Morgan fingerprint density at radius 3 is 3.21 bits per heavy atom. The summed E-state index contributed by atoms with van der Waals surface area (Å²) in [6.07, 6.45) is 3.00. The maximum atomic E-state index is 11.3. The van der Waals surface area contributed by atoms with E-state index in [4.69, 9.17) is 5.73 Å². The molecule has 19 heavy (non-hydrogen) atoms. The van der Waals surface area contributed by atoms with Gasteiger partial charge in [-0.2, -0.15) is 0 Å². The molecule has 1 aliphatic heterocycles. The molecule has 0 bridgehead atoms. The third-order valence-corrected chi connectivity index (χ3v) is 4.10. The zero-order chi connectivity index (χ0) is 13.7. The molecule has 0 aliphatic carbocycles. The minimum absolute atomic E-state index is 0.0209. The lowest BCUT2D eigenvalue weighted by molar-refractivity contribution is -0.123. The molecule has 6 nitrogen and oxygen atoms in total. The second-order valence-electron chi connectivity index (χ2n) is 4.95. The van der Waals surface area contributed by atoms with Crippen LogP contribution in [0.2, 0.25) is 0 Å². The van der Waals surface area contributed by atoms with E-state index in [-0.39, 0.29) is 11.8 Å². The van der Waals surface area contributed by atoms with Crippen LogP contribution in [0.25, 0.3) is 0 Å². The molecule has 0 spiro atoms. The zero-order valence-corrected chi connectivity index (χ0v) is 12.1. The van der Waals surface area contributed by atoms with Crippen molar-refractivity contribution >= 4 is 22.4 Å². The number of hydrogen-bond acceptors (Lipinski definition) is 6. The first-order chi connectivity index (χ1) is 9.20. The van der Waals surface area contributed by atoms with Crippen molar-refractivity contribution in [3.05, 3.63) is 5.69 Å². The van der Waals surface area contributed by atoms with Crippen molar-refractivity contribution in [3.63, 3.8) is 0 Å². The number of hydrogen-bond donors (Lipinski definition) is 2. The highest BCUT2D eigenvalue weighted by atomic mass is 32.1. The lowest BCUT2D eigenvalue weighted by Gasteiger charge is -2.30. The van der Waals surface area contributed by atoms with Crippen LogP contribution in [0.4, 0.5) is 5.00 Å². The fourth-order valence-electron chi connectivity index (χ4n) is 2.33. The molecule has 106 valence electrons. The topological polar surface area (TPSA) is 84.1 Å². The van der Waals surface area contributed by atoms with E-state index in [0.29, 0.717) is 0 Å². The average Bonchev–Trinajstić information content (AvgIpc) is 2.84. The molecule has 1 atom stereocenters. The van der Waals surface area contributed by atoms with Gasteiger partial charge in [0.1, 0.15) is 10.7 Å². The van der Waals surface area contributed by atoms with Crippen LogP contribution in [0.3, 0.4) is 0 Å². The van der Waals surface area contributed by atoms with Crippen molar-refractivity contribution in [1.82, 2.24) is 14.5 Å². The molecular weight excluding hydrogens is 262 g/mol. The van der Waals surface area contributed by atoms with Crippen LogP contribution in [0.1, 0.15) is 31.9 Å². The van der Waals surface area contributed by atoms with Crippen LogP contribution in [0.15, 0.2) is 0 Å². The summed E-state index contributed by atoms with van der Waals surface area (Å²) in [5, 5.41) is 8.57. The summed E-state index contributed by atoms with van der Waals surface area (Å²) in [6.45, 7) is 5.53. The van der Waals surface area contributed by atoms with E-state index < -0.39 is 0 Å². The minimum Gasteiger partial charge on any atom is -0.374 e. The number of primary amides is 1. The number of likely N-dealkylation sites (tertiary alicyclic amines) is 1. The summed E-state index contributed by atoms with van der Waals surface area (Å²) in [6, 6.07) is 0. The summed E-state index contributed by atoms with van der Waals surface area (Å²) in [5.41, 5.74) is 6.37. The molecule has 1 aromatic rings. The lowest BCUT2D eigenvalue weighted by Crippen LogP contribution is -2.40. The molecule has 1 aliphatic rings. The second kappa shape index (κ2) is 6.81. The van der Waals surface area contributed by atoms with Gasteiger partial charge in [0.2, 0.25) is 5.91 Å². The molecule has 1 fully saturated rings. The summed E-state index contributed by atoms with van der Waals surface area (Å²) in [5.74, 6) is -0.210. The standard InChI is InChI=1S/C12H21N5OS/c1-2-5-14-12-10(15-16-19-12)8-17-6-3-4-9(7-17)11(13)18/h9,14H,2-8H2,1H3,(H2,13,18). The predicted molar refractivity (Wildman–Crippen MR) is 75.9 cm³/mol. The quantitative estimate of drug-likeness (QED) is 0.815. The first kappa shape index (κ1) is 14.2. The number of piperidine rings is 1. The van der Waals surface area contributed by atoms with Gasteiger partial charge in [0.05, 0.1) is 5.92 Å². The van der Waals surface area contributed by atoms with Crippen molar-refractivity contribution in [2.45, 2.75) is 32.7 Å². The van der Waals surface area contributed by atoms with E-state index >= 15 is 0 Å². The Bertz CT molecular complexity index is 422.